The van der Waals surface area contributed by atoms with Crippen LogP contribution >= 0.6 is 0 Å². The van der Waals surface area contributed by atoms with E-state index in [1.807, 2.05) is 4.90 Å². The summed E-state index contributed by atoms with van der Waals surface area (Å²) in [4.78, 5) is 12.5. The Morgan fingerprint density at radius 1 is 1.67 bits per heavy atom. The normalized spacial score (nSPS) is 26.8. The molecule has 70 valence electrons. The van der Waals surface area contributed by atoms with Gasteiger partial charge in [0.2, 0.25) is 6.41 Å². The molecule has 0 radical (unpaired) electrons. The van der Waals surface area contributed by atoms with Crippen molar-refractivity contribution in [2.75, 3.05) is 13.1 Å². The molecule has 2 unspecified atom stereocenters. The first-order valence-electron chi connectivity index (χ1n) is 4.97. The molecule has 0 N–H and O–H groups in total. The van der Waals surface area contributed by atoms with Crippen LogP contribution in [0.15, 0.2) is 0 Å². The standard InChI is InChI=1S/C10H19NO/c1-3-9(2)10-5-4-6-11(7-10)8-12/h8-10H,3-7H2,1-2H3. The lowest BCUT2D eigenvalue weighted by Gasteiger charge is -2.33. The van der Waals surface area contributed by atoms with Crippen molar-refractivity contribution in [3.63, 3.8) is 0 Å². The van der Waals surface area contributed by atoms with E-state index >= 15 is 0 Å². The lowest BCUT2D eigenvalue weighted by Crippen LogP contribution is -2.36. The average Bonchev–Trinajstić information content (AvgIpc) is 2.17. The third-order valence-electron chi connectivity index (χ3n) is 3.09. The van der Waals surface area contributed by atoms with E-state index in [0.29, 0.717) is 0 Å². The highest BCUT2D eigenvalue weighted by atomic mass is 16.1. The van der Waals surface area contributed by atoms with Crippen LogP contribution in [0, 0.1) is 11.8 Å². The maximum atomic E-state index is 10.5. The number of hydrogen-bond acceptors (Lipinski definition) is 1. The van der Waals surface area contributed by atoms with Gasteiger partial charge in [-0.3, -0.25) is 4.79 Å². The number of hydrogen-bond donors (Lipinski definition) is 0. The number of likely N-dealkylation sites (tertiary alicyclic amines) is 1. The molecular formula is C10H19NO. The smallest absolute Gasteiger partial charge is 0.209 e. The SMILES string of the molecule is CCC(C)C1CCCN(C=O)C1. The summed E-state index contributed by atoms with van der Waals surface area (Å²) in [6, 6.07) is 0. The van der Waals surface area contributed by atoms with Crippen molar-refractivity contribution in [3.05, 3.63) is 0 Å². The molecule has 1 aliphatic heterocycles. The average molecular weight is 169 g/mol. The topological polar surface area (TPSA) is 20.3 Å². The van der Waals surface area contributed by atoms with Crippen LogP contribution in [0.4, 0.5) is 0 Å². The van der Waals surface area contributed by atoms with Gasteiger partial charge < -0.3 is 4.90 Å². The number of nitrogens with zero attached hydrogens (tertiary/aromatic N) is 1. The molecule has 1 amide bonds. The van der Waals surface area contributed by atoms with Gasteiger partial charge in [0.05, 0.1) is 0 Å². The van der Waals surface area contributed by atoms with Crippen LogP contribution in [0.25, 0.3) is 0 Å². The summed E-state index contributed by atoms with van der Waals surface area (Å²) in [7, 11) is 0. The first-order chi connectivity index (χ1) is 5.77. The Morgan fingerprint density at radius 2 is 2.42 bits per heavy atom. The minimum absolute atomic E-state index is 0.744. The van der Waals surface area contributed by atoms with Crippen molar-refractivity contribution in [3.8, 4) is 0 Å². The molecule has 1 rings (SSSR count). The molecule has 0 aromatic rings. The molecule has 0 bridgehead atoms. The zero-order chi connectivity index (χ0) is 8.97. The van der Waals surface area contributed by atoms with Crippen molar-refractivity contribution < 1.29 is 4.79 Å². The zero-order valence-electron chi connectivity index (χ0n) is 8.12. The van der Waals surface area contributed by atoms with Gasteiger partial charge in [-0.2, -0.15) is 0 Å². The van der Waals surface area contributed by atoms with Gasteiger partial charge in [-0.25, -0.2) is 0 Å². The molecule has 0 saturated carbocycles. The summed E-state index contributed by atoms with van der Waals surface area (Å²) in [5.41, 5.74) is 0. The van der Waals surface area contributed by atoms with Crippen molar-refractivity contribution in [2.45, 2.75) is 33.1 Å². The summed E-state index contributed by atoms with van der Waals surface area (Å²) in [5, 5.41) is 0. The Hall–Kier alpha value is -0.530. The molecule has 0 aromatic carbocycles. The van der Waals surface area contributed by atoms with E-state index in [0.717, 1.165) is 31.3 Å². The van der Waals surface area contributed by atoms with Crippen LogP contribution in [-0.4, -0.2) is 24.4 Å². The fourth-order valence-electron chi connectivity index (χ4n) is 1.93. The molecule has 2 nitrogen and oxygen atoms in total. The summed E-state index contributed by atoms with van der Waals surface area (Å²) in [6.07, 6.45) is 4.72. The summed E-state index contributed by atoms with van der Waals surface area (Å²) < 4.78 is 0. The lowest BCUT2D eigenvalue weighted by atomic mass is 9.85. The van der Waals surface area contributed by atoms with Gasteiger partial charge in [-0.1, -0.05) is 20.3 Å². The summed E-state index contributed by atoms with van der Waals surface area (Å²) in [6.45, 7) is 6.47. The first-order valence-corrected chi connectivity index (χ1v) is 4.97. The quantitative estimate of drug-likeness (QED) is 0.591. The molecule has 1 aliphatic rings. The predicted octanol–water partition coefficient (Wildman–Crippen LogP) is 1.90. The van der Waals surface area contributed by atoms with Gasteiger partial charge in [0.1, 0.15) is 0 Å². The van der Waals surface area contributed by atoms with E-state index in [4.69, 9.17) is 0 Å². The summed E-state index contributed by atoms with van der Waals surface area (Å²) >= 11 is 0. The Balaban J connectivity index is 2.39. The van der Waals surface area contributed by atoms with Gasteiger partial charge in [-0.15, -0.1) is 0 Å². The predicted molar refractivity (Wildman–Crippen MR) is 49.8 cm³/mol. The number of rotatable bonds is 3. The molecule has 0 spiro atoms. The van der Waals surface area contributed by atoms with Crippen LogP contribution in [0.1, 0.15) is 33.1 Å². The molecule has 1 saturated heterocycles. The summed E-state index contributed by atoms with van der Waals surface area (Å²) in [5.74, 6) is 1.52. The Labute approximate surface area is 74.9 Å². The fourth-order valence-corrected chi connectivity index (χ4v) is 1.93. The van der Waals surface area contributed by atoms with Crippen molar-refractivity contribution in [1.82, 2.24) is 4.90 Å². The first kappa shape index (κ1) is 9.56. The van der Waals surface area contributed by atoms with Crippen LogP contribution < -0.4 is 0 Å². The fraction of sp³-hybridized carbons (Fsp3) is 0.900. The highest BCUT2D eigenvalue weighted by Gasteiger charge is 2.22. The third-order valence-corrected chi connectivity index (χ3v) is 3.09. The highest BCUT2D eigenvalue weighted by molar-refractivity contribution is 5.47. The Bertz CT molecular complexity index is 147. The maximum absolute atomic E-state index is 10.5. The zero-order valence-corrected chi connectivity index (χ0v) is 8.12. The van der Waals surface area contributed by atoms with Gasteiger partial charge >= 0.3 is 0 Å². The van der Waals surface area contributed by atoms with Crippen LogP contribution in [0.2, 0.25) is 0 Å². The minimum Gasteiger partial charge on any atom is -0.345 e. The Morgan fingerprint density at radius 3 is 3.00 bits per heavy atom. The second kappa shape index (κ2) is 4.48. The number of carbonyl (C=O) groups excluding carboxylic acids is 1. The van der Waals surface area contributed by atoms with Crippen LogP contribution in [0.3, 0.4) is 0 Å². The number of carbonyl (C=O) groups is 1. The maximum Gasteiger partial charge on any atom is 0.209 e. The molecule has 1 fully saturated rings. The van der Waals surface area contributed by atoms with Crippen molar-refractivity contribution in [2.24, 2.45) is 11.8 Å². The van der Waals surface area contributed by atoms with Crippen molar-refractivity contribution in [1.29, 1.82) is 0 Å². The highest BCUT2D eigenvalue weighted by Crippen LogP contribution is 2.24. The molecule has 2 atom stereocenters. The number of amides is 1. The van der Waals surface area contributed by atoms with E-state index in [2.05, 4.69) is 13.8 Å². The molecular weight excluding hydrogens is 150 g/mol. The molecule has 0 aromatic heterocycles. The molecule has 2 heteroatoms. The minimum atomic E-state index is 0.744. The monoisotopic (exact) mass is 169 g/mol. The number of piperidine rings is 1. The van der Waals surface area contributed by atoms with E-state index in [-0.39, 0.29) is 0 Å². The lowest BCUT2D eigenvalue weighted by molar-refractivity contribution is -0.120. The van der Waals surface area contributed by atoms with Gasteiger partial charge in [-0.05, 0) is 24.7 Å². The van der Waals surface area contributed by atoms with E-state index in [1.54, 1.807) is 0 Å². The van der Waals surface area contributed by atoms with Gasteiger partial charge in [0.25, 0.3) is 0 Å². The van der Waals surface area contributed by atoms with E-state index in [9.17, 15) is 4.79 Å². The Kier molecular flexibility index (Phi) is 3.57. The second-order valence-corrected chi connectivity index (χ2v) is 3.89. The molecule has 0 aliphatic carbocycles. The van der Waals surface area contributed by atoms with Gasteiger partial charge in [0.15, 0.2) is 0 Å². The van der Waals surface area contributed by atoms with Crippen LogP contribution in [-0.2, 0) is 4.79 Å². The van der Waals surface area contributed by atoms with Gasteiger partial charge in [0, 0.05) is 13.1 Å². The third kappa shape index (κ3) is 2.23. The van der Waals surface area contributed by atoms with Crippen molar-refractivity contribution >= 4 is 6.41 Å². The van der Waals surface area contributed by atoms with E-state index in [1.165, 1.54) is 19.3 Å². The van der Waals surface area contributed by atoms with Crippen LogP contribution in [0.5, 0.6) is 0 Å². The van der Waals surface area contributed by atoms with E-state index < -0.39 is 0 Å². The molecule has 12 heavy (non-hydrogen) atoms. The molecule has 1 heterocycles. The largest absolute Gasteiger partial charge is 0.345 e. The second-order valence-electron chi connectivity index (χ2n) is 3.89.